The van der Waals surface area contributed by atoms with Crippen molar-refractivity contribution in [2.24, 2.45) is 0 Å². The Hall–Kier alpha value is -2.51. The van der Waals surface area contributed by atoms with Gasteiger partial charge in [-0.3, -0.25) is 0 Å². The predicted molar refractivity (Wildman–Crippen MR) is 118 cm³/mol. The number of rotatable bonds is 13. The van der Waals surface area contributed by atoms with Gasteiger partial charge in [-0.05, 0) is 25.0 Å². The lowest BCUT2D eigenvalue weighted by Crippen LogP contribution is -2.43. The van der Waals surface area contributed by atoms with E-state index in [0.29, 0.717) is 12.2 Å². The number of benzene rings is 2. The second-order valence-electron chi connectivity index (χ2n) is 6.99. The minimum atomic E-state index is -0.848. The summed E-state index contributed by atoms with van der Waals surface area (Å²) in [7, 11) is 3.02. The molecule has 6 nitrogen and oxygen atoms in total. The molecule has 0 fully saturated rings. The molecule has 0 unspecified atom stereocenters. The molecule has 0 saturated heterocycles. The molecule has 0 aliphatic rings. The third-order valence-corrected chi connectivity index (χ3v) is 4.71. The molecule has 0 radical (unpaired) electrons. The van der Waals surface area contributed by atoms with E-state index in [1.54, 1.807) is 7.11 Å². The fourth-order valence-electron chi connectivity index (χ4n) is 3.12. The number of allylic oxidation sites excluding steroid dienone is 1. The molecule has 0 N–H and O–H groups in total. The normalized spacial score (nSPS) is 15.4. The quantitative estimate of drug-likeness (QED) is 0.267. The summed E-state index contributed by atoms with van der Waals surface area (Å²) in [6.07, 6.45) is 1.12. The number of ether oxygens (including phenoxy) is 5. The van der Waals surface area contributed by atoms with Crippen LogP contribution in [0.2, 0.25) is 0 Å². The summed E-state index contributed by atoms with van der Waals surface area (Å²) in [6.45, 7) is 4.17. The summed E-state index contributed by atoms with van der Waals surface area (Å²) >= 11 is 0. The van der Waals surface area contributed by atoms with Gasteiger partial charge in [-0.1, -0.05) is 72.8 Å². The Balaban J connectivity index is 2.19. The minimum absolute atomic E-state index is 0.0564. The Morgan fingerprint density at radius 1 is 0.968 bits per heavy atom. The number of carbonyl (C=O) groups is 1. The molecule has 2 rings (SSSR count). The first kappa shape index (κ1) is 24.8. The first-order chi connectivity index (χ1) is 15.1. The van der Waals surface area contributed by atoms with Crippen molar-refractivity contribution in [1.82, 2.24) is 0 Å². The van der Waals surface area contributed by atoms with E-state index in [9.17, 15) is 4.79 Å². The smallest absolute Gasteiger partial charge is 0.340 e. The van der Waals surface area contributed by atoms with Crippen molar-refractivity contribution in [3.8, 4) is 0 Å². The standard InChI is InChI=1S/C25H32O6/c1-5-12-22(30-18-27-3)23(19(2)29-17-20-13-8-6-9-14-20)31-25(26)24(28-4)21-15-10-7-11-16-21/h5-16,19,22-24H,17-18H2,1-4H3/b12-5+/t19-,22+,23+,24-/m0/s1. The molecule has 6 heteroatoms. The third kappa shape index (κ3) is 7.92. The average Bonchev–Trinajstić information content (AvgIpc) is 2.80. The lowest BCUT2D eigenvalue weighted by atomic mass is 10.1. The number of carbonyl (C=O) groups excluding carboxylic acids is 1. The summed E-state index contributed by atoms with van der Waals surface area (Å²) in [5, 5.41) is 0. The molecular weight excluding hydrogens is 396 g/mol. The average molecular weight is 429 g/mol. The lowest BCUT2D eigenvalue weighted by Gasteiger charge is -2.31. The van der Waals surface area contributed by atoms with Crippen LogP contribution in [0.5, 0.6) is 0 Å². The fourth-order valence-corrected chi connectivity index (χ4v) is 3.12. The van der Waals surface area contributed by atoms with E-state index in [2.05, 4.69) is 0 Å². The molecule has 4 atom stereocenters. The molecule has 0 aliphatic heterocycles. The molecule has 168 valence electrons. The maximum absolute atomic E-state index is 13.0. The van der Waals surface area contributed by atoms with E-state index in [1.165, 1.54) is 7.11 Å². The molecule has 0 spiro atoms. The van der Waals surface area contributed by atoms with Crippen molar-refractivity contribution in [3.05, 3.63) is 83.9 Å². The largest absolute Gasteiger partial charge is 0.454 e. The van der Waals surface area contributed by atoms with Crippen molar-refractivity contribution in [1.29, 1.82) is 0 Å². The number of methoxy groups -OCH3 is 2. The van der Waals surface area contributed by atoms with Gasteiger partial charge in [0.25, 0.3) is 0 Å². The third-order valence-electron chi connectivity index (χ3n) is 4.71. The van der Waals surface area contributed by atoms with Gasteiger partial charge < -0.3 is 23.7 Å². The highest BCUT2D eigenvalue weighted by Gasteiger charge is 2.33. The predicted octanol–water partition coefficient (Wildman–Crippen LogP) is 4.46. The molecule has 0 bridgehead atoms. The van der Waals surface area contributed by atoms with Gasteiger partial charge in [0.15, 0.2) is 12.2 Å². The van der Waals surface area contributed by atoms with Gasteiger partial charge in [0, 0.05) is 14.2 Å². The van der Waals surface area contributed by atoms with E-state index in [0.717, 1.165) is 5.56 Å². The van der Waals surface area contributed by atoms with E-state index in [4.69, 9.17) is 23.7 Å². The number of esters is 1. The van der Waals surface area contributed by atoms with Crippen molar-refractivity contribution in [2.45, 2.75) is 44.9 Å². The molecule has 31 heavy (non-hydrogen) atoms. The molecule has 2 aromatic carbocycles. The lowest BCUT2D eigenvalue weighted by molar-refractivity contribution is -0.186. The number of hydrogen-bond donors (Lipinski definition) is 0. The highest BCUT2D eigenvalue weighted by atomic mass is 16.7. The van der Waals surface area contributed by atoms with Crippen molar-refractivity contribution < 1.29 is 28.5 Å². The highest BCUT2D eigenvalue weighted by molar-refractivity contribution is 5.76. The van der Waals surface area contributed by atoms with Crippen LogP contribution >= 0.6 is 0 Å². The molecule has 0 aromatic heterocycles. The van der Waals surface area contributed by atoms with E-state index >= 15 is 0 Å². The first-order valence-corrected chi connectivity index (χ1v) is 10.3. The van der Waals surface area contributed by atoms with Crippen LogP contribution in [-0.2, 0) is 35.1 Å². The Morgan fingerprint density at radius 3 is 2.19 bits per heavy atom. The minimum Gasteiger partial charge on any atom is -0.454 e. The van der Waals surface area contributed by atoms with Crippen LogP contribution in [0, 0.1) is 0 Å². The summed E-state index contributed by atoms with van der Waals surface area (Å²) in [5.41, 5.74) is 1.74. The van der Waals surface area contributed by atoms with Gasteiger partial charge in [0.2, 0.25) is 0 Å². The molecule has 0 heterocycles. The van der Waals surface area contributed by atoms with Gasteiger partial charge in [0.05, 0.1) is 12.7 Å². The Morgan fingerprint density at radius 2 is 1.61 bits per heavy atom. The Kier molecular flexibility index (Phi) is 11.0. The highest BCUT2D eigenvalue weighted by Crippen LogP contribution is 2.22. The van der Waals surface area contributed by atoms with Gasteiger partial charge in [-0.2, -0.15) is 0 Å². The maximum atomic E-state index is 13.0. The van der Waals surface area contributed by atoms with Crippen LogP contribution in [0.3, 0.4) is 0 Å². The Labute approximate surface area is 184 Å². The molecular formula is C25H32O6. The van der Waals surface area contributed by atoms with Gasteiger partial charge in [0.1, 0.15) is 12.9 Å². The second kappa shape index (κ2) is 13.7. The molecule has 0 saturated carbocycles. The van der Waals surface area contributed by atoms with Crippen molar-refractivity contribution in [3.63, 3.8) is 0 Å². The van der Waals surface area contributed by atoms with E-state index in [1.807, 2.05) is 86.7 Å². The fraction of sp³-hybridized carbons (Fsp3) is 0.400. The summed E-state index contributed by atoms with van der Waals surface area (Å²) in [4.78, 5) is 13.0. The first-order valence-electron chi connectivity index (χ1n) is 10.3. The van der Waals surface area contributed by atoms with E-state index in [-0.39, 0.29) is 6.79 Å². The monoisotopic (exact) mass is 428 g/mol. The van der Waals surface area contributed by atoms with Crippen LogP contribution < -0.4 is 0 Å². The van der Waals surface area contributed by atoms with Crippen LogP contribution in [0.15, 0.2) is 72.8 Å². The molecule has 0 amide bonds. The topological polar surface area (TPSA) is 63.2 Å². The summed E-state index contributed by atoms with van der Waals surface area (Å²) in [5.74, 6) is -0.510. The van der Waals surface area contributed by atoms with Gasteiger partial charge in [-0.15, -0.1) is 0 Å². The second-order valence-corrected chi connectivity index (χ2v) is 6.99. The van der Waals surface area contributed by atoms with Gasteiger partial charge in [-0.25, -0.2) is 4.79 Å². The van der Waals surface area contributed by atoms with E-state index < -0.39 is 30.4 Å². The molecule has 2 aromatic rings. The van der Waals surface area contributed by atoms with Crippen LogP contribution in [0.4, 0.5) is 0 Å². The molecule has 0 aliphatic carbocycles. The SMILES string of the molecule is C/C=C/[C@@H](OCOC)[C@H](OC(=O)[C@@H](OC)c1ccccc1)[C@H](C)OCc1ccccc1. The van der Waals surface area contributed by atoms with Crippen molar-refractivity contribution >= 4 is 5.97 Å². The van der Waals surface area contributed by atoms with Crippen LogP contribution in [-0.4, -0.2) is 45.3 Å². The number of hydrogen-bond acceptors (Lipinski definition) is 6. The zero-order valence-electron chi connectivity index (χ0n) is 18.6. The summed E-state index contributed by atoms with van der Waals surface area (Å²) in [6, 6.07) is 19.0. The zero-order valence-corrected chi connectivity index (χ0v) is 18.6. The zero-order chi connectivity index (χ0) is 22.5. The van der Waals surface area contributed by atoms with Gasteiger partial charge >= 0.3 is 5.97 Å². The summed E-state index contributed by atoms with van der Waals surface area (Å²) < 4.78 is 28.2. The maximum Gasteiger partial charge on any atom is 0.340 e. The van der Waals surface area contributed by atoms with Crippen molar-refractivity contribution in [2.75, 3.05) is 21.0 Å². The van der Waals surface area contributed by atoms with Crippen LogP contribution in [0.25, 0.3) is 0 Å². The van der Waals surface area contributed by atoms with Crippen LogP contribution in [0.1, 0.15) is 31.1 Å². The Bertz CT molecular complexity index is 777.